The molecule has 4 rings (SSSR count). The molecule has 0 radical (unpaired) electrons. The van der Waals surface area contributed by atoms with Gasteiger partial charge in [0.25, 0.3) is 0 Å². The number of carbonyl (C=O) groups excluding carboxylic acids is 2. The fraction of sp³-hybridized carbons (Fsp3) is 0.118. The first-order chi connectivity index (χ1) is 12.6. The number of fused-ring (bicyclic) bond motifs is 1. The highest BCUT2D eigenvalue weighted by Crippen LogP contribution is 2.27. The number of hydrogen-bond acceptors (Lipinski definition) is 5. The van der Waals surface area contributed by atoms with Crippen LogP contribution in [0.1, 0.15) is 12.5 Å². The lowest BCUT2D eigenvalue weighted by Crippen LogP contribution is -2.36. The van der Waals surface area contributed by atoms with E-state index >= 15 is 0 Å². The van der Waals surface area contributed by atoms with E-state index in [1.165, 1.54) is 28.9 Å². The van der Waals surface area contributed by atoms with Crippen LogP contribution in [0.4, 0.5) is 16.0 Å². The van der Waals surface area contributed by atoms with Crippen LogP contribution in [0.2, 0.25) is 0 Å². The topological polar surface area (TPSA) is 102 Å². The van der Waals surface area contributed by atoms with Gasteiger partial charge in [-0.2, -0.15) is 4.98 Å². The molecule has 0 aliphatic carbocycles. The predicted octanol–water partition coefficient (Wildman–Crippen LogP) is 2.00. The van der Waals surface area contributed by atoms with Gasteiger partial charge in [0.2, 0.25) is 17.8 Å². The number of nitrogens with zero attached hydrogens (tertiary/aromatic N) is 4. The molecule has 0 fully saturated rings. The Hall–Kier alpha value is -3.62. The standard InChI is InChI=1S/C17H13FN6O2/c18-11-3-5-12(6-4-11)20-16(26)13-8-14(25)21-17-22-15(23-24(13)17)10-2-1-7-19-9-10/h1-7,9,13H,8H2,(H,20,26)(H,21,22,23,25). The quantitative estimate of drug-likeness (QED) is 0.751. The predicted molar refractivity (Wildman–Crippen MR) is 90.6 cm³/mol. The summed E-state index contributed by atoms with van der Waals surface area (Å²) >= 11 is 0. The summed E-state index contributed by atoms with van der Waals surface area (Å²) in [6.45, 7) is 0. The van der Waals surface area contributed by atoms with Crippen LogP contribution in [0, 0.1) is 5.82 Å². The molecule has 2 N–H and O–H groups in total. The van der Waals surface area contributed by atoms with E-state index in [-0.39, 0.29) is 18.3 Å². The fourth-order valence-corrected chi connectivity index (χ4v) is 2.64. The molecular formula is C17H13FN6O2. The lowest BCUT2D eigenvalue weighted by molar-refractivity contribution is -0.125. The molecular weight excluding hydrogens is 339 g/mol. The Labute approximate surface area is 147 Å². The number of anilines is 2. The van der Waals surface area contributed by atoms with Gasteiger partial charge in [0.15, 0.2) is 5.82 Å². The third-order valence-electron chi connectivity index (χ3n) is 3.89. The van der Waals surface area contributed by atoms with E-state index in [0.717, 1.165) is 0 Å². The molecule has 1 unspecified atom stereocenters. The smallest absolute Gasteiger partial charge is 0.249 e. The van der Waals surface area contributed by atoms with Crippen molar-refractivity contribution in [1.29, 1.82) is 0 Å². The molecule has 26 heavy (non-hydrogen) atoms. The van der Waals surface area contributed by atoms with Gasteiger partial charge in [-0.05, 0) is 36.4 Å². The number of hydrogen-bond donors (Lipinski definition) is 2. The van der Waals surface area contributed by atoms with Gasteiger partial charge in [0.05, 0.1) is 6.42 Å². The molecule has 1 aliphatic heterocycles. The fourth-order valence-electron chi connectivity index (χ4n) is 2.64. The maximum atomic E-state index is 13.0. The van der Waals surface area contributed by atoms with Gasteiger partial charge in [-0.15, -0.1) is 5.10 Å². The number of aromatic nitrogens is 4. The van der Waals surface area contributed by atoms with Gasteiger partial charge in [-0.1, -0.05) is 0 Å². The van der Waals surface area contributed by atoms with E-state index in [1.807, 2.05) is 0 Å². The van der Waals surface area contributed by atoms with Gasteiger partial charge in [-0.3, -0.25) is 19.9 Å². The molecule has 3 heterocycles. The highest BCUT2D eigenvalue weighted by Gasteiger charge is 2.33. The summed E-state index contributed by atoms with van der Waals surface area (Å²) < 4.78 is 14.4. The minimum atomic E-state index is -0.860. The Morgan fingerprint density at radius 3 is 2.81 bits per heavy atom. The summed E-state index contributed by atoms with van der Waals surface area (Å²) in [5.41, 5.74) is 1.10. The number of pyridine rings is 1. The zero-order valence-electron chi connectivity index (χ0n) is 13.4. The zero-order chi connectivity index (χ0) is 18.1. The molecule has 1 aromatic carbocycles. The monoisotopic (exact) mass is 352 g/mol. The highest BCUT2D eigenvalue weighted by atomic mass is 19.1. The van der Waals surface area contributed by atoms with E-state index < -0.39 is 17.8 Å². The van der Waals surface area contributed by atoms with E-state index in [1.54, 1.807) is 24.5 Å². The van der Waals surface area contributed by atoms with Crippen LogP contribution in [0.5, 0.6) is 0 Å². The highest BCUT2D eigenvalue weighted by molar-refractivity contribution is 6.00. The van der Waals surface area contributed by atoms with Crippen LogP contribution >= 0.6 is 0 Å². The second-order valence-corrected chi connectivity index (χ2v) is 5.71. The molecule has 130 valence electrons. The molecule has 8 nitrogen and oxygen atoms in total. The molecule has 1 aliphatic rings. The Morgan fingerprint density at radius 1 is 1.27 bits per heavy atom. The van der Waals surface area contributed by atoms with Crippen molar-refractivity contribution < 1.29 is 14.0 Å². The number of amides is 2. The normalized spacial score (nSPS) is 15.9. The van der Waals surface area contributed by atoms with Crippen molar-refractivity contribution in [2.24, 2.45) is 0 Å². The van der Waals surface area contributed by atoms with Crippen LogP contribution in [-0.4, -0.2) is 31.6 Å². The van der Waals surface area contributed by atoms with Gasteiger partial charge in [-0.25, -0.2) is 9.07 Å². The van der Waals surface area contributed by atoms with Crippen molar-refractivity contribution >= 4 is 23.5 Å². The average Bonchev–Trinajstić information content (AvgIpc) is 3.07. The lowest BCUT2D eigenvalue weighted by Gasteiger charge is -2.22. The molecule has 9 heteroatoms. The second kappa shape index (κ2) is 6.36. The number of benzene rings is 1. The first kappa shape index (κ1) is 15.9. The van der Waals surface area contributed by atoms with Gasteiger partial charge >= 0.3 is 0 Å². The number of rotatable bonds is 3. The van der Waals surface area contributed by atoms with Crippen molar-refractivity contribution in [3.63, 3.8) is 0 Å². The Balaban J connectivity index is 1.64. The second-order valence-electron chi connectivity index (χ2n) is 5.71. The molecule has 0 spiro atoms. The van der Waals surface area contributed by atoms with E-state index in [0.29, 0.717) is 17.1 Å². The molecule has 2 amide bonds. The molecule has 3 aromatic rings. The van der Waals surface area contributed by atoms with Crippen molar-refractivity contribution in [1.82, 2.24) is 19.7 Å². The summed E-state index contributed by atoms with van der Waals surface area (Å²) in [5.74, 6) is -0.619. The molecule has 0 saturated carbocycles. The van der Waals surface area contributed by atoms with E-state index in [4.69, 9.17) is 0 Å². The third kappa shape index (κ3) is 3.02. The first-order valence-corrected chi connectivity index (χ1v) is 7.83. The first-order valence-electron chi connectivity index (χ1n) is 7.83. The number of nitrogens with one attached hydrogen (secondary N) is 2. The SMILES string of the molecule is O=C1CC(C(=O)Nc2ccc(F)cc2)n2nc(-c3cccnc3)nc2N1. The maximum Gasteiger partial charge on any atom is 0.249 e. The summed E-state index contributed by atoms with van der Waals surface area (Å²) in [6.07, 6.45) is 3.15. The zero-order valence-corrected chi connectivity index (χ0v) is 13.4. The molecule has 1 atom stereocenters. The van der Waals surface area contributed by atoms with Crippen molar-refractivity contribution in [3.05, 3.63) is 54.6 Å². The molecule has 0 bridgehead atoms. The minimum absolute atomic E-state index is 0.0735. The number of halogens is 1. The minimum Gasteiger partial charge on any atom is -0.324 e. The van der Waals surface area contributed by atoms with Crippen LogP contribution in [0.3, 0.4) is 0 Å². The van der Waals surface area contributed by atoms with Crippen LogP contribution in [0.25, 0.3) is 11.4 Å². The van der Waals surface area contributed by atoms with Gasteiger partial charge in [0, 0.05) is 23.6 Å². The van der Waals surface area contributed by atoms with Crippen molar-refractivity contribution in [2.75, 3.05) is 10.6 Å². The number of carbonyl (C=O) groups is 2. The molecule has 0 saturated heterocycles. The van der Waals surface area contributed by atoms with E-state index in [2.05, 4.69) is 25.7 Å². The lowest BCUT2D eigenvalue weighted by atomic mass is 10.1. The van der Waals surface area contributed by atoms with Gasteiger partial charge < -0.3 is 5.32 Å². The summed E-state index contributed by atoms with van der Waals surface area (Å²) in [7, 11) is 0. The Bertz CT molecular complexity index is 971. The van der Waals surface area contributed by atoms with Crippen molar-refractivity contribution in [3.8, 4) is 11.4 Å². The maximum absolute atomic E-state index is 13.0. The van der Waals surface area contributed by atoms with Crippen LogP contribution in [-0.2, 0) is 9.59 Å². The molecule has 2 aromatic heterocycles. The Morgan fingerprint density at radius 2 is 2.08 bits per heavy atom. The summed E-state index contributed by atoms with van der Waals surface area (Å²) in [4.78, 5) is 32.9. The third-order valence-corrected chi connectivity index (χ3v) is 3.89. The van der Waals surface area contributed by atoms with Gasteiger partial charge in [0.1, 0.15) is 11.9 Å². The Kier molecular flexibility index (Phi) is 3.88. The largest absolute Gasteiger partial charge is 0.324 e. The van der Waals surface area contributed by atoms with E-state index in [9.17, 15) is 14.0 Å². The average molecular weight is 352 g/mol. The van der Waals surface area contributed by atoms with Crippen LogP contribution in [0.15, 0.2) is 48.8 Å². The van der Waals surface area contributed by atoms with Crippen LogP contribution < -0.4 is 10.6 Å². The van der Waals surface area contributed by atoms with Crippen molar-refractivity contribution in [2.45, 2.75) is 12.5 Å². The summed E-state index contributed by atoms with van der Waals surface area (Å²) in [5, 5.41) is 9.61. The summed E-state index contributed by atoms with van der Waals surface area (Å²) in [6, 6.07) is 8.03.